The Morgan fingerprint density at radius 2 is 1.81 bits per heavy atom. The Morgan fingerprint density at radius 3 is 2.31 bits per heavy atom. The van der Waals surface area contributed by atoms with Gasteiger partial charge in [-0.05, 0) is 64.7 Å². The molecule has 0 unspecified atom stereocenters. The molecule has 6 heteroatoms. The van der Waals surface area contributed by atoms with Crippen molar-refractivity contribution in [3.63, 3.8) is 0 Å². The van der Waals surface area contributed by atoms with Crippen LogP contribution in [0.3, 0.4) is 0 Å². The first-order valence-corrected chi connectivity index (χ1v) is 9.65. The number of ether oxygens (including phenoxy) is 2. The van der Waals surface area contributed by atoms with E-state index in [1.54, 1.807) is 20.8 Å². The standard InChI is InChI=1S/C20H30O6/c1-11-19(5,26-11)15(22)25-14-6-7-16(2)9-13(21)20(10-17(20,3)23)8-12(16)18(14,4)24/h11-12,14,23-24H,6-10H2,1-5H3/t11-,12+,14+,16+,17-,18-,19-,20-/m0/s1. The summed E-state index contributed by atoms with van der Waals surface area (Å²) < 4.78 is 11.1. The predicted octanol–water partition coefficient (Wildman–Crippen LogP) is 1.75. The maximum Gasteiger partial charge on any atom is 0.341 e. The van der Waals surface area contributed by atoms with Crippen LogP contribution in [-0.4, -0.2) is 51.0 Å². The molecule has 8 atom stereocenters. The van der Waals surface area contributed by atoms with Crippen molar-refractivity contribution in [1.29, 1.82) is 0 Å². The first-order chi connectivity index (χ1) is 11.8. The van der Waals surface area contributed by atoms with E-state index in [1.165, 1.54) is 0 Å². The summed E-state index contributed by atoms with van der Waals surface area (Å²) in [4.78, 5) is 25.2. The van der Waals surface area contributed by atoms with Gasteiger partial charge in [0.1, 0.15) is 17.5 Å². The summed E-state index contributed by atoms with van der Waals surface area (Å²) in [6, 6.07) is 0. The number of ketones is 1. The van der Waals surface area contributed by atoms with Crippen LogP contribution in [0.2, 0.25) is 0 Å². The number of Topliss-reactive ketones (excluding diaryl/α,β-unsaturated/α-hetero) is 1. The van der Waals surface area contributed by atoms with E-state index >= 15 is 0 Å². The van der Waals surface area contributed by atoms with Crippen molar-refractivity contribution in [2.24, 2.45) is 16.7 Å². The van der Waals surface area contributed by atoms with Crippen LogP contribution in [0, 0.1) is 16.7 Å². The number of aliphatic hydroxyl groups is 2. The van der Waals surface area contributed by atoms with Crippen LogP contribution in [0.15, 0.2) is 0 Å². The third-order valence-corrected chi connectivity index (χ3v) is 8.17. The summed E-state index contributed by atoms with van der Waals surface area (Å²) in [5, 5.41) is 21.9. The average molecular weight is 366 g/mol. The maximum atomic E-state index is 12.8. The maximum absolute atomic E-state index is 12.8. The summed E-state index contributed by atoms with van der Waals surface area (Å²) >= 11 is 0. The number of esters is 1. The van der Waals surface area contributed by atoms with E-state index in [1.807, 2.05) is 13.8 Å². The molecule has 146 valence electrons. The van der Waals surface area contributed by atoms with Crippen LogP contribution >= 0.6 is 0 Å². The first kappa shape index (κ1) is 18.4. The topological polar surface area (TPSA) is 96.4 Å². The zero-order valence-corrected chi connectivity index (χ0v) is 16.3. The molecule has 6 nitrogen and oxygen atoms in total. The molecule has 3 aliphatic carbocycles. The van der Waals surface area contributed by atoms with E-state index in [4.69, 9.17) is 9.47 Å². The van der Waals surface area contributed by atoms with Gasteiger partial charge < -0.3 is 19.7 Å². The molecule has 0 aromatic carbocycles. The van der Waals surface area contributed by atoms with Gasteiger partial charge in [-0.2, -0.15) is 0 Å². The number of hydrogen-bond donors (Lipinski definition) is 2. The second-order valence-electron chi connectivity index (χ2n) is 10.1. The average Bonchev–Trinajstić information content (AvgIpc) is 3.31. The van der Waals surface area contributed by atoms with Crippen LogP contribution in [-0.2, 0) is 19.1 Å². The molecule has 3 saturated carbocycles. The Kier molecular flexibility index (Phi) is 3.46. The van der Waals surface area contributed by atoms with E-state index in [-0.39, 0.29) is 23.2 Å². The molecule has 0 aromatic rings. The molecule has 1 spiro atoms. The molecule has 1 heterocycles. The molecule has 4 fully saturated rings. The highest BCUT2D eigenvalue weighted by molar-refractivity contribution is 5.91. The third-order valence-electron chi connectivity index (χ3n) is 8.17. The highest BCUT2D eigenvalue weighted by Gasteiger charge is 2.74. The van der Waals surface area contributed by atoms with Crippen LogP contribution in [0.1, 0.15) is 66.7 Å². The Labute approximate surface area is 154 Å². The van der Waals surface area contributed by atoms with E-state index in [2.05, 4.69) is 0 Å². The van der Waals surface area contributed by atoms with Gasteiger partial charge >= 0.3 is 5.97 Å². The molecule has 2 N–H and O–H groups in total. The first-order valence-electron chi connectivity index (χ1n) is 9.65. The van der Waals surface area contributed by atoms with Crippen molar-refractivity contribution in [2.75, 3.05) is 0 Å². The summed E-state index contributed by atoms with van der Waals surface area (Å²) in [5.74, 6) is -0.530. The molecule has 4 aliphatic rings. The van der Waals surface area contributed by atoms with Gasteiger partial charge in [0.05, 0.1) is 17.1 Å². The Hall–Kier alpha value is -0.980. The minimum atomic E-state index is -1.25. The predicted molar refractivity (Wildman–Crippen MR) is 92.2 cm³/mol. The zero-order valence-electron chi connectivity index (χ0n) is 16.3. The molecular formula is C20H30O6. The molecule has 0 amide bonds. The molecule has 26 heavy (non-hydrogen) atoms. The lowest BCUT2D eigenvalue weighted by molar-refractivity contribution is -0.211. The van der Waals surface area contributed by atoms with Crippen molar-refractivity contribution in [1.82, 2.24) is 0 Å². The second-order valence-corrected chi connectivity index (χ2v) is 10.1. The Balaban J connectivity index is 1.58. The highest BCUT2D eigenvalue weighted by atomic mass is 16.7. The fraction of sp³-hybridized carbons (Fsp3) is 0.900. The van der Waals surface area contributed by atoms with E-state index in [0.29, 0.717) is 32.1 Å². The van der Waals surface area contributed by atoms with Gasteiger partial charge in [-0.25, -0.2) is 4.79 Å². The van der Waals surface area contributed by atoms with Gasteiger partial charge in [0.25, 0.3) is 0 Å². The summed E-state index contributed by atoms with van der Waals surface area (Å²) in [7, 11) is 0. The quantitative estimate of drug-likeness (QED) is 0.571. The monoisotopic (exact) mass is 366 g/mol. The van der Waals surface area contributed by atoms with E-state index in [9.17, 15) is 19.8 Å². The molecular weight excluding hydrogens is 336 g/mol. The third kappa shape index (κ3) is 2.21. The minimum Gasteiger partial charge on any atom is -0.457 e. The molecule has 1 saturated heterocycles. The molecule has 0 radical (unpaired) electrons. The van der Waals surface area contributed by atoms with Crippen molar-refractivity contribution < 1.29 is 29.3 Å². The van der Waals surface area contributed by atoms with Gasteiger partial charge in [0, 0.05) is 6.42 Å². The van der Waals surface area contributed by atoms with Crippen molar-refractivity contribution in [2.45, 2.75) is 95.7 Å². The fourth-order valence-corrected chi connectivity index (χ4v) is 5.73. The fourth-order valence-electron chi connectivity index (χ4n) is 5.73. The van der Waals surface area contributed by atoms with Gasteiger partial charge in [0.15, 0.2) is 5.60 Å². The number of hydrogen-bond acceptors (Lipinski definition) is 6. The van der Waals surface area contributed by atoms with Crippen LogP contribution in [0.25, 0.3) is 0 Å². The summed E-state index contributed by atoms with van der Waals surface area (Å²) in [6.07, 6.45) is 1.69. The van der Waals surface area contributed by atoms with Gasteiger partial charge in [-0.15, -0.1) is 0 Å². The van der Waals surface area contributed by atoms with Crippen LogP contribution < -0.4 is 0 Å². The number of carbonyl (C=O) groups excluding carboxylic acids is 2. The van der Waals surface area contributed by atoms with Gasteiger partial charge in [0.2, 0.25) is 0 Å². The van der Waals surface area contributed by atoms with Crippen molar-refractivity contribution in [3.05, 3.63) is 0 Å². The van der Waals surface area contributed by atoms with Crippen molar-refractivity contribution in [3.8, 4) is 0 Å². The minimum absolute atomic E-state index is 0.111. The van der Waals surface area contributed by atoms with E-state index in [0.717, 1.165) is 0 Å². The highest BCUT2D eigenvalue weighted by Crippen LogP contribution is 2.69. The second kappa shape index (κ2) is 4.89. The molecule has 0 bridgehead atoms. The van der Waals surface area contributed by atoms with Crippen molar-refractivity contribution >= 4 is 11.8 Å². The summed E-state index contributed by atoms with van der Waals surface area (Å²) in [6.45, 7) is 8.99. The SMILES string of the molecule is C[C@@H]1O[C@]1(C)C(=O)O[C@@H]1CC[C@]2(C)CC(=O)[C@]3(C[C@H]2[C@]1(C)O)C[C@]3(C)O. The summed E-state index contributed by atoms with van der Waals surface area (Å²) in [5.41, 5.74) is -4.23. The molecule has 4 rings (SSSR count). The largest absolute Gasteiger partial charge is 0.457 e. The number of rotatable bonds is 2. The lowest BCUT2D eigenvalue weighted by Crippen LogP contribution is -2.62. The molecule has 1 aliphatic heterocycles. The lowest BCUT2D eigenvalue weighted by Gasteiger charge is -2.56. The number of carbonyl (C=O) groups is 2. The Bertz CT molecular complexity index is 684. The Morgan fingerprint density at radius 1 is 1.23 bits per heavy atom. The zero-order chi connectivity index (χ0) is 19.3. The van der Waals surface area contributed by atoms with Gasteiger partial charge in [-0.3, -0.25) is 4.79 Å². The van der Waals surface area contributed by atoms with Crippen LogP contribution in [0.5, 0.6) is 0 Å². The van der Waals surface area contributed by atoms with Crippen LogP contribution in [0.4, 0.5) is 0 Å². The van der Waals surface area contributed by atoms with E-state index < -0.39 is 34.3 Å². The smallest absolute Gasteiger partial charge is 0.341 e. The molecule has 0 aromatic heterocycles. The van der Waals surface area contributed by atoms with Gasteiger partial charge in [-0.1, -0.05) is 6.92 Å². The lowest BCUT2D eigenvalue weighted by atomic mass is 9.51. The number of fused-ring (bicyclic) bond motifs is 1. The number of epoxide rings is 1. The normalized spacial score (nSPS) is 58.3.